The summed E-state index contributed by atoms with van der Waals surface area (Å²) in [6.07, 6.45) is 0.633. The van der Waals surface area contributed by atoms with Crippen molar-refractivity contribution in [2.45, 2.75) is 25.4 Å². The third-order valence-corrected chi connectivity index (χ3v) is 5.33. The molecule has 0 aliphatic carbocycles. The Morgan fingerprint density at radius 2 is 1.93 bits per heavy atom. The Morgan fingerprint density at radius 3 is 2.57 bits per heavy atom. The van der Waals surface area contributed by atoms with E-state index in [0.717, 1.165) is 12.1 Å². The summed E-state index contributed by atoms with van der Waals surface area (Å²) in [6.45, 7) is 3.12. The van der Waals surface area contributed by atoms with Crippen LogP contribution < -0.4 is 15.2 Å². The average Bonchev–Trinajstić information content (AvgIpc) is 3.01. The first-order chi connectivity index (χ1) is 14.4. The molecule has 2 amide bonds. The van der Waals surface area contributed by atoms with Gasteiger partial charge in [-0.05, 0) is 63.3 Å². The zero-order chi connectivity index (χ0) is 21.8. The highest BCUT2D eigenvalue weighted by molar-refractivity contribution is 6.04. The van der Waals surface area contributed by atoms with Crippen molar-refractivity contribution in [3.63, 3.8) is 0 Å². The van der Waals surface area contributed by atoms with Gasteiger partial charge < -0.3 is 25.0 Å². The lowest BCUT2D eigenvalue weighted by atomic mass is 9.98. The van der Waals surface area contributed by atoms with Crippen LogP contribution in [0.1, 0.15) is 46.9 Å². The SMILES string of the molecule is CCOc1cc(C(CCN(C)C)N2C(=O)c3ccccc3C2C(N)=O)ccc1OC. The van der Waals surface area contributed by atoms with Gasteiger partial charge in [0.2, 0.25) is 5.91 Å². The second-order valence-electron chi connectivity index (χ2n) is 7.56. The standard InChI is InChI=1S/C23H29N3O4/c1-5-30-20-14-15(10-11-19(20)29-4)18(12-13-25(2)3)26-21(22(24)27)16-8-6-7-9-17(16)23(26)28/h6-11,14,18,21H,5,12-13H2,1-4H3,(H2,24,27). The normalized spacial score (nSPS) is 16.5. The largest absolute Gasteiger partial charge is 0.493 e. The lowest BCUT2D eigenvalue weighted by Gasteiger charge is -2.33. The summed E-state index contributed by atoms with van der Waals surface area (Å²) in [5.41, 5.74) is 7.82. The monoisotopic (exact) mass is 411 g/mol. The Morgan fingerprint density at radius 1 is 1.20 bits per heavy atom. The predicted octanol–water partition coefficient (Wildman–Crippen LogP) is 2.77. The van der Waals surface area contributed by atoms with Crippen LogP contribution in [0.25, 0.3) is 0 Å². The number of methoxy groups -OCH3 is 1. The molecule has 0 aromatic heterocycles. The number of rotatable bonds is 9. The molecule has 3 rings (SSSR count). The van der Waals surface area contributed by atoms with Crippen LogP contribution in [-0.4, -0.2) is 56.0 Å². The summed E-state index contributed by atoms with van der Waals surface area (Å²) in [5.74, 6) is 0.496. The van der Waals surface area contributed by atoms with Gasteiger partial charge in [0, 0.05) is 5.56 Å². The van der Waals surface area contributed by atoms with E-state index in [-0.39, 0.29) is 11.9 Å². The van der Waals surface area contributed by atoms with Crippen molar-refractivity contribution in [2.24, 2.45) is 5.73 Å². The van der Waals surface area contributed by atoms with Crippen LogP contribution in [-0.2, 0) is 4.79 Å². The van der Waals surface area contributed by atoms with Crippen LogP contribution in [0.5, 0.6) is 11.5 Å². The second kappa shape index (κ2) is 9.17. The topological polar surface area (TPSA) is 85.1 Å². The zero-order valence-corrected chi connectivity index (χ0v) is 17.9. The van der Waals surface area contributed by atoms with E-state index in [9.17, 15) is 9.59 Å². The molecule has 1 aliphatic heterocycles. The van der Waals surface area contributed by atoms with E-state index in [0.29, 0.717) is 35.7 Å². The van der Waals surface area contributed by atoms with Crippen molar-refractivity contribution < 1.29 is 19.1 Å². The van der Waals surface area contributed by atoms with Crippen LogP contribution >= 0.6 is 0 Å². The summed E-state index contributed by atoms with van der Waals surface area (Å²) < 4.78 is 11.1. The van der Waals surface area contributed by atoms with Gasteiger partial charge in [-0.3, -0.25) is 9.59 Å². The Balaban J connectivity index is 2.09. The lowest BCUT2D eigenvalue weighted by molar-refractivity contribution is -0.123. The van der Waals surface area contributed by atoms with E-state index in [1.807, 2.05) is 50.2 Å². The molecule has 2 N–H and O–H groups in total. The van der Waals surface area contributed by atoms with Crippen LogP contribution in [0.3, 0.4) is 0 Å². The van der Waals surface area contributed by atoms with E-state index in [4.69, 9.17) is 15.2 Å². The smallest absolute Gasteiger partial charge is 0.255 e. The molecule has 7 nitrogen and oxygen atoms in total. The van der Waals surface area contributed by atoms with Crippen LogP contribution in [0.4, 0.5) is 0 Å². The molecule has 0 bridgehead atoms. The molecule has 1 aliphatic rings. The number of nitrogens with zero attached hydrogens (tertiary/aromatic N) is 2. The average molecular weight is 412 g/mol. The maximum Gasteiger partial charge on any atom is 0.255 e. The first kappa shape index (κ1) is 21.6. The highest BCUT2D eigenvalue weighted by atomic mass is 16.5. The summed E-state index contributed by atoms with van der Waals surface area (Å²) >= 11 is 0. The number of benzene rings is 2. The fraction of sp³-hybridized carbons (Fsp3) is 0.391. The minimum Gasteiger partial charge on any atom is -0.493 e. The minimum atomic E-state index is -0.807. The molecule has 0 radical (unpaired) electrons. The summed E-state index contributed by atoms with van der Waals surface area (Å²) in [7, 11) is 5.54. The summed E-state index contributed by atoms with van der Waals surface area (Å²) in [5, 5.41) is 0. The Hall–Kier alpha value is -3.06. The zero-order valence-electron chi connectivity index (χ0n) is 17.9. The fourth-order valence-corrected chi connectivity index (χ4v) is 3.96. The predicted molar refractivity (Wildman–Crippen MR) is 115 cm³/mol. The van der Waals surface area contributed by atoms with Crippen molar-refractivity contribution >= 4 is 11.8 Å². The van der Waals surface area contributed by atoms with Crippen molar-refractivity contribution in [2.75, 3.05) is 34.4 Å². The van der Waals surface area contributed by atoms with Crippen molar-refractivity contribution in [3.8, 4) is 11.5 Å². The second-order valence-corrected chi connectivity index (χ2v) is 7.56. The molecule has 7 heteroatoms. The molecule has 0 spiro atoms. The van der Waals surface area contributed by atoms with Gasteiger partial charge in [0.1, 0.15) is 6.04 Å². The molecule has 0 saturated heterocycles. The number of primary amides is 1. The van der Waals surface area contributed by atoms with Crippen molar-refractivity contribution in [3.05, 3.63) is 59.2 Å². The van der Waals surface area contributed by atoms with Gasteiger partial charge >= 0.3 is 0 Å². The summed E-state index contributed by atoms with van der Waals surface area (Å²) in [6, 6.07) is 11.6. The van der Waals surface area contributed by atoms with Gasteiger partial charge in [-0.25, -0.2) is 0 Å². The van der Waals surface area contributed by atoms with Crippen molar-refractivity contribution in [1.82, 2.24) is 9.80 Å². The molecule has 2 aromatic rings. The van der Waals surface area contributed by atoms with Gasteiger partial charge in [-0.1, -0.05) is 24.3 Å². The van der Waals surface area contributed by atoms with Crippen LogP contribution in [0.2, 0.25) is 0 Å². The van der Waals surface area contributed by atoms with Gasteiger partial charge in [0.05, 0.1) is 19.8 Å². The van der Waals surface area contributed by atoms with Gasteiger partial charge in [0.25, 0.3) is 5.91 Å². The molecule has 0 saturated carbocycles. The first-order valence-corrected chi connectivity index (χ1v) is 10.0. The van der Waals surface area contributed by atoms with Crippen LogP contribution in [0, 0.1) is 0 Å². The van der Waals surface area contributed by atoms with Crippen LogP contribution in [0.15, 0.2) is 42.5 Å². The number of nitrogens with two attached hydrogens (primary N) is 1. The van der Waals surface area contributed by atoms with Gasteiger partial charge in [-0.15, -0.1) is 0 Å². The fourth-order valence-electron chi connectivity index (χ4n) is 3.96. The lowest BCUT2D eigenvalue weighted by Crippen LogP contribution is -2.39. The maximum atomic E-state index is 13.4. The number of fused-ring (bicyclic) bond motifs is 1. The summed E-state index contributed by atoms with van der Waals surface area (Å²) in [4.78, 5) is 29.5. The molecule has 0 fully saturated rings. The Kier molecular flexibility index (Phi) is 6.62. The number of hydrogen-bond acceptors (Lipinski definition) is 5. The van der Waals surface area contributed by atoms with E-state index < -0.39 is 11.9 Å². The number of hydrogen-bond donors (Lipinski definition) is 1. The van der Waals surface area contributed by atoms with Gasteiger partial charge in [-0.2, -0.15) is 0 Å². The highest BCUT2D eigenvalue weighted by Gasteiger charge is 2.44. The molecule has 1 heterocycles. The molecule has 2 unspecified atom stereocenters. The number of carbonyl (C=O) groups excluding carboxylic acids is 2. The maximum absolute atomic E-state index is 13.4. The Bertz CT molecular complexity index is 928. The van der Waals surface area contributed by atoms with E-state index in [1.54, 1.807) is 30.2 Å². The molecular weight excluding hydrogens is 382 g/mol. The molecular formula is C23H29N3O4. The van der Waals surface area contributed by atoms with E-state index >= 15 is 0 Å². The van der Waals surface area contributed by atoms with Gasteiger partial charge in [0.15, 0.2) is 11.5 Å². The minimum absolute atomic E-state index is 0.188. The third-order valence-electron chi connectivity index (χ3n) is 5.33. The van der Waals surface area contributed by atoms with E-state index in [1.165, 1.54) is 0 Å². The number of ether oxygens (including phenoxy) is 2. The van der Waals surface area contributed by atoms with E-state index in [2.05, 4.69) is 0 Å². The quantitative estimate of drug-likeness (QED) is 0.686. The Labute approximate surface area is 177 Å². The van der Waals surface area contributed by atoms with Crippen molar-refractivity contribution in [1.29, 1.82) is 0 Å². The molecule has 2 aromatic carbocycles. The third kappa shape index (κ3) is 4.11. The number of carbonyl (C=O) groups is 2. The molecule has 30 heavy (non-hydrogen) atoms. The molecule has 2 atom stereocenters. The molecule has 160 valence electrons. The first-order valence-electron chi connectivity index (χ1n) is 10.0. The number of amides is 2. The highest BCUT2D eigenvalue weighted by Crippen LogP contribution is 2.42.